The molecule has 0 unspecified atom stereocenters. The summed E-state index contributed by atoms with van der Waals surface area (Å²) in [6, 6.07) is 16.9. The number of rotatable bonds is 10. The van der Waals surface area contributed by atoms with Crippen LogP contribution in [0.15, 0.2) is 60.7 Å². The van der Waals surface area contributed by atoms with E-state index in [0.29, 0.717) is 0 Å². The minimum Gasteiger partial charge on any atom is -0.480 e. The number of carboxylic acid groups (broad SMARTS) is 1. The summed E-state index contributed by atoms with van der Waals surface area (Å²) < 4.78 is 0. The predicted octanol–water partition coefficient (Wildman–Crippen LogP) is 2.49. The number of carbonyl (C=O) groups excluding carboxylic acids is 1. The van der Waals surface area contributed by atoms with E-state index in [1.165, 1.54) is 6.92 Å². The fourth-order valence-corrected chi connectivity index (χ4v) is 4.11. The first kappa shape index (κ1) is 22.7. The average molecular weight is 417 g/mol. The zero-order chi connectivity index (χ0) is 21.4. The molecule has 2 aromatic rings. The molecule has 0 aliphatic carbocycles. The van der Waals surface area contributed by atoms with E-state index in [9.17, 15) is 24.5 Å². The van der Waals surface area contributed by atoms with Gasteiger partial charge in [0.15, 0.2) is 0 Å². The lowest BCUT2D eigenvalue weighted by molar-refractivity contribution is -0.142. The molecule has 0 saturated carbocycles. The van der Waals surface area contributed by atoms with Gasteiger partial charge in [-0.15, -0.1) is 0 Å². The molecular formula is C21H26N2O5P+. The van der Waals surface area contributed by atoms with Gasteiger partial charge in [-0.3, -0.25) is 10.2 Å². The number of hydrogen-bond donors (Lipinski definition) is 5. The van der Waals surface area contributed by atoms with Gasteiger partial charge in [0, 0.05) is 13.3 Å². The maximum atomic E-state index is 12.9. The number of benzene rings is 2. The maximum Gasteiger partial charge on any atom is 0.326 e. The first-order valence-electron chi connectivity index (χ1n) is 9.19. The Hall–Kier alpha value is -2.60. The Morgan fingerprint density at radius 3 is 1.90 bits per heavy atom. The molecule has 5 N–H and O–H groups in total. The topological polar surface area (TPSA) is 131 Å². The van der Waals surface area contributed by atoms with Crippen LogP contribution >= 0.6 is 7.72 Å². The number of hydrogen-bond acceptors (Lipinski definition) is 5. The summed E-state index contributed by atoms with van der Waals surface area (Å²) in [4.78, 5) is 45.0. The van der Waals surface area contributed by atoms with Crippen molar-refractivity contribution in [2.75, 3.05) is 6.16 Å². The number of carbonyl (C=O) groups is 2. The normalized spacial score (nSPS) is 13.3. The van der Waals surface area contributed by atoms with Crippen LogP contribution in [-0.4, -0.2) is 44.4 Å². The van der Waals surface area contributed by atoms with Gasteiger partial charge in [-0.1, -0.05) is 60.7 Å². The molecule has 1 amide bonds. The molecule has 0 aliphatic rings. The van der Waals surface area contributed by atoms with Crippen molar-refractivity contribution < 1.29 is 24.5 Å². The van der Waals surface area contributed by atoms with E-state index in [0.717, 1.165) is 11.1 Å². The maximum absolute atomic E-state index is 12.9. The highest BCUT2D eigenvalue weighted by Crippen LogP contribution is 2.52. The standard InChI is InChI=1S/C21H25N2O5P/c1-15(22)29(27,28)14-18(12-16-8-4-2-5-9-16)20(24)23-19(21(25)26)13-17-10-6-3-7-11-17/h2-11,18-19,22,27-28H,12-14H2,1H3,(H-,23,24,25,26)/p+1/t18-,19+/m1/s1. The second kappa shape index (κ2) is 10.3. The first-order chi connectivity index (χ1) is 13.7. The lowest BCUT2D eigenvalue weighted by Crippen LogP contribution is -2.46. The van der Waals surface area contributed by atoms with Crippen molar-refractivity contribution in [1.82, 2.24) is 5.32 Å². The van der Waals surface area contributed by atoms with E-state index < -0.39 is 31.6 Å². The summed E-state index contributed by atoms with van der Waals surface area (Å²) in [5.74, 6) is -2.62. The fraction of sp³-hybridized carbons (Fsp3) is 0.286. The summed E-state index contributed by atoms with van der Waals surface area (Å²) in [6.07, 6.45) is 0.0172. The largest absolute Gasteiger partial charge is 0.480 e. The molecule has 0 heterocycles. The van der Waals surface area contributed by atoms with Crippen molar-refractivity contribution in [3.63, 3.8) is 0 Å². The van der Waals surface area contributed by atoms with Crippen LogP contribution in [0.25, 0.3) is 0 Å². The summed E-state index contributed by atoms with van der Waals surface area (Å²) in [5.41, 5.74) is 1.30. The van der Waals surface area contributed by atoms with Crippen LogP contribution in [0.5, 0.6) is 0 Å². The van der Waals surface area contributed by atoms with Gasteiger partial charge in [0.05, 0.1) is 5.92 Å². The number of aliphatic carboxylic acids is 1. The third-order valence-electron chi connectivity index (χ3n) is 4.61. The van der Waals surface area contributed by atoms with Gasteiger partial charge in [-0.2, -0.15) is 0 Å². The van der Waals surface area contributed by atoms with Gasteiger partial charge in [0.25, 0.3) is 0 Å². The molecule has 2 rings (SSSR count). The van der Waals surface area contributed by atoms with Gasteiger partial charge in [0.1, 0.15) is 12.2 Å². The second-order valence-corrected chi connectivity index (χ2v) is 9.47. The van der Waals surface area contributed by atoms with Gasteiger partial charge in [-0.25, -0.2) is 14.6 Å². The Morgan fingerprint density at radius 1 is 0.966 bits per heavy atom. The minimum atomic E-state index is -3.72. The quantitative estimate of drug-likeness (QED) is 0.299. The molecule has 154 valence electrons. The Labute approximate surface area is 170 Å². The molecule has 0 aliphatic heterocycles. The number of amides is 1. The van der Waals surface area contributed by atoms with Crippen molar-refractivity contribution in [3.8, 4) is 0 Å². The molecule has 2 atom stereocenters. The van der Waals surface area contributed by atoms with Crippen molar-refractivity contribution >= 4 is 25.0 Å². The lowest BCUT2D eigenvalue weighted by atomic mass is 9.99. The van der Waals surface area contributed by atoms with Gasteiger partial charge in [-0.05, 0) is 17.5 Å². The fourth-order valence-electron chi connectivity index (χ4n) is 2.92. The average Bonchev–Trinajstić information content (AvgIpc) is 2.68. The SMILES string of the molecule is CC(=N)[P+](O)(O)C[C@@H](Cc1ccccc1)C(=O)N[C@@H](Cc1ccccc1)C(=O)O. The smallest absolute Gasteiger partial charge is 0.326 e. The Bertz CT molecular complexity index is 843. The molecule has 0 radical (unpaired) electrons. The molecular weight excluding hydrogens is 391 g/mol. The monoisotopic (exact) mass is 417 g/mol. The van der Waals surface area contributed by atoms with Gasteiger partial charge in [0.2, 0.25) is 11.4 Å². The summed E-state index contributed by atoms with van der Waals surface area (Å²) in [5, 5.41) is 19.7. The third kappa shape index (κ3) is 7.06. The molecule has 0 aromatic heterocycles. The summed E-state index contributed by atoms with van der Waals surface area (Å²) in [6.45, 7) is 1.29. The van der Waals surface area contributed by atoms with Crippen LogP contribution in [0, 0.1) is 11.3 Å². The molecule has 0 spiro atoms. The molecule has 0 bridgehead atoms. The van der Waals surface area contributed by atoms with Gasteiger partial charge >= 0.3 is 13.7 Å². The third-order valence-corrected chi connectivity index (χ3v) is 6.63. The first-order valence-corrected chi connectivity index (χ1v) is 11.1. The molecule has 7 nitrogen and oxygen atoms in total. The van der Waals surface area contributed by atoms with Crippen LogP contribution in [0.2, 0.25) is 0 Å². The predicted molar refractivity (Wildman–Crippen MR) is 113 cm³/mol. The Kier molecular flexibility index (Phi) is 8.02. The molecule has 2 aromatic carbocycles. The summed E-state index contributed by atoms with van der Waals surface area (Å²) >= 11 is 0. The highest BCUT2D eigenvalue weighted by atomic mass is 31.2. The summed E-state index contributed by atoms with van der Waals surface area (Å²) in [7, 11) is -3.72. The van der Waals surface area contributed by atoms with E-state index in [4.69, 9.17) is 5.41 Å². The lowest BCUT2D eigenvalue weighted by Gasteiger charge is -2.22. The van der Waals surface area contributed by atoms with Crippen molar-refractivity contribution in [1.29, 1.82) is 5.41 Å². The zero-order valence-electron chi connectivity index (χ0n) is 16.2. The van der Waals surface area contributed by atoms with Crippen LogP contribution in [0.3, 0.4) is 0 Å². The highest BCUT2D eigenvalue weighted by molar-refractivity contribution is 7.81. The van der Waals surface area contributed by atoms with Gasteiger partial charge < -0.3 is 10.4 Å². The number of nitrogens with one attached hydrogen (secondary N) is 2. The minimum absolute atomic E-state index is 0.113. The molecule has 29 heavy (non-hydrogen) atoms. The Morgan fingerprint density at radius 2 is 1.45 bits per heavy atom. The van der Waals surface area contributed by atoms with E-state index in [-0.39, 0.29) is 24.5 Å². The van der Waals surface area contributed by atoms with E-state index in [1.54, 1.807) is 24.3 Å². The van der Waals surface area contributed by atoms with Crippen LogP contribution in [-0.2, 0) is 22.4 Å². The van der Waals surface area contributed by atoms with E-state index in [2.05, 4.69) is 5.32 Å². The number of carboxylic acids is 1. The van der Waals surface area contributed by atoms with Crippen LogP contribution in [0.4, 0.5) is 0 Å². The van der Waals surface area contributed by atoms with Crippen LogP contribution in [0.1, 0.15) is 18.1 Å². The van der Waals surface area contributed by atoms with Crippen molar-refractivity contribution in [3.05, 3.63) is 71.8 Å². The van der Waals surface area contributed by atoms with E-state index >= 15 is 0 Å². The van der Waals surface area contributed by atoms with Crippen molar-refractivity contribution in [2.45, 2.75) is 25.8 Å². The molecule has 8 heteroatoms. The van der Waals surface area contributed by atoms with Crippen molar-refractivity contribution in [2.24, 2.45) is 5.92 Å². The zero-order valence-corrected chi connectivity index (χ0v) is 17.0. The molecule has 0 fully saturated rings. The van der Waals surface area contributed by atoms with E-state index in [1.807, 2.05) is 36.4 Å². The Balaban J connectivity index is 2.19. The highest BCUT2D eigenvalue weighted by Gasteiger charge is 2.43. The second-order valence-electron chi connectivity index (χ2n) is 6.97. The molecule has 0 saturated heterocycles. The van der Waals surface area contributed by atoms with Crippen LogP contribution < -0.4 is 5.32 Å².